The molecule has 2 atom stereocenters. The number of fused-ring (bicyclic) bond motifs is 2. The maximum absolute atomic E-state index is 13.4. The first-order chi connectivity index (χ1) is 12.6. The number of likely N-dealkylation sites (tertiary alicyclic amines) is 1. The van der Waals surface area contributed by atoms with Crippen LogP contribution in [0.2, 0.25) is 0 Å². The van der Waals surface area contributed by atoms with Gasteiger partial charge in [-0.2, -0.15) is 0 Å². The lowest BCUT2D eigenvalue weighted by Crippen LogP contribution is -2.49. The molecule has 0 saturated carbocycles. The molecule has 2 saturated heterocycles. The smallest absolute Gasteiger partial charge is 0.258 e. The van der Waals surface area contributed by atoms with E-state index in [9.17, 15) is 9.59 Å². The topological polar surface area (TPSA) is 71.8 Å². The minimum atomic E-state index is -0.547. The van der Waals surface area contributed by atoms with E-state index in [0.717, 1.165) is 11.0 Å². The molecule has 0 aliphatic carbocycles. The Labute approximate surface area is 152 Å². The van der Waals surface area contributed by atoms with E-state index in [1.54, 1.807) is 7.05 Å². The van der Waals surface area contributed by atoms with Crippen molar-refractivity contribution < 1.29 is 18.7 Å². The number of nitrogens with zero attached hydrogens (tertiary/aromatic N) is 1. The number of amides is 2. The minimum Gasteiger partial charge on any atom is -0.460 e. The van der Waals surface area contributed by atoms with Crippen molar-refractivity contribution in [2.75, 3.05) is 33.4 Å². The molecule has 0 spiro atoms. The van der Waals surface area contributed by atoms with Crippen molar-refractivity contribution in [1.29, 1.82) is 0 Å². The monoisotopic (exact) mass is 356 g/mol. The van der Waals surface area contributed by atoms with E-state index in [-0.39, 0.29) is 17.7 Å². The molecular formula is C20H24N2O4. The van der Waals surface area contributed by atoms with Crippen LogP contribution in [0, 0.1) is 11.3 Å². The van der Waals surface area contributed by atoms with Crippen LogP contribution in [0.3, 0.4) is 0 Å². The summed E-state index contributed by atoms with van der Waals surface area (Å²) in [5.74, 6) is 0.693. The molecule has 0 radical (unpaired) electrons. The molecule has 0 unspecified atom stereocenters. The molecule has 4 rings (SSSR count). The molecule has 1 aromatic carbocycles. The van der Waals surface area contributed by atoms with Crippen LogP contribution in [0.1, 0.15) is 29.5 Å². The fourth-order valence-corrected chi connectivity index (χ4v) is 4.46. The summed E-state index contributed by atoms with van der Waals surface area (Å²) in [6.45, 7) is 4.03. The molecule has 3 heterocycles. The average Bonchev–Trinajstić information content (AvgIpc) is 3.25. The van der Waals surface area contributed by atoms with E-state index in [1.807, 2.05) is 36.1 Å². The van der Waals surface area contributed by atoms with E-state index < -0.39 is 5.41 Å². The predicted octanol–water partition coefficient (Wildman–Crippen LogP) is 2.22. The third-order valence-electron chi connectivity index (χ3n) is 5.88. The van der Waals surface area contributed by atoms with Crippen molar-refractivity contribution in [3.63, 3.8) is 0 Å². The molecule has 1 N–H and O–H groups in total. The van der Waals surface area contributed by atoms with Gasteiger partial charge in [0.25, 0.3) is 5.91 Å². The quantitative estimate of drug-likeness (QED) is 0.915. The van der Waals surface area contributed by atoms with Gasteiger partial charge in [0.15, 0.2) is 0 Å². The van der Waals surface area contributed by atoms with Crippen molar-refractivity contribution in [3.8, 4) is 0 Å². The highest BCUT2D eigenvalue weighted by molar-refractivity contribution is 6.07. The van der Waals surface area contributed by atoms with Gasteiger partial charge >= 0.3 is 0 Å². The zero-order valence-corrected chi connectivity index (χ0v) is 15.2. The second-order valence-corrected chi connectivity index (χ2v) is 7.19. The SMILES string of the molecule is CCc1oc2ccccc2c1C(=O)N1C[C@@H]2COCC[C@]2(C(=O)NC)C1. The van der Waals surface area contributed by atoms with Crippen LogP contribution in [0.25, 0.3) is 11.0 Å². The van der Waals surface area contributed by atoms with Gasteiger partial charge in [-0.1, -0.05) is 25.1 Å². The van der Waals surface area contributed by atoms with E-state index in [4.69, 9.17) is 9.15 Å². The Morgan fingerprint density at radius 2 is 2.15 bits per heavy atom. The number of ether oxygens (including phenoxy) is 1. The summed E-state index contributed by atoms with van der Waals surface area (Å²) in [6, 6.07) is 7.63. The molecule has 6 heteroatoms. The van der Waals surface area contributed by atoms with E-state index >= 15 is 0 Å². The van der Waals surface area contributed by atoms with Crippen molar-refractivity contribution in [3.05, 3.63) is 35.6 Å². The van der Waals surface area contributed by atoms with Crippen LogP contribution in [-0.2, 0) is 16.0 Å². The first-order valence-electron chi connectivity index (χ1n) is 9.20. The van der Waals surface area contributed by atoms with Crippen molar-refractivity contribution in [2.45, 2.75) is 19.8 Å². The van der Waals surface area contributed by atoms with Gasteiger partial charge in [-0.3, -0.25) is 9.59 Å². The van der Waals surface area contributed by atoms with Crippen molar-refractivity contribution in [2.24, 2.45) is 11.3 Å². The Balaban J connectivity index is 1.71. The minimum absolute atomic E-state index is 0.00821. The number of hydrogen-bond acceptors (Lipinski definition) is 4. The largest absolute Gasteiger partial charge is 0.460 e. The summed E-state index contributed by atoms with van der Waals surface area (Å²) < 4.78 is 11.5. The summed E-state index contributed by atoms with van der Waals surface area (Å²) in [5, 5.41) is 3.63. The Kier molecular flexibility index (Phi) is 4.23. The van der Waals surface area contributed by atoms with Gasteiger partial charge in [0.1, 0.15) is 11.3 Å². The molecule has 2 aliphatic heterocycles. The molecule has 2 aromatic rings. The molecule has 6 nitrogen and oxygen atoms in total. The second kappa shape index (κ2) is 6.43. The van der Waals surface area contributed by atoms with E-state index in [2.05, 4.69) is 5.32 Å². The van der Waals surface area contributed by atoms with Crippen LogP contribution in [0.5, 0.6) is 0 Å². The highest BCUT2D eigenvalue weighted by atomic mass is 16.5. The van der Waals surface area contributed by atoms with Gasteiger partial charge in [-0.25, -0.2) is 0 Å². The van der Waals surface area contributed by atoms with Crippen LogP contribution in [0.15, 0.2) is 28.7 Å². The lowest BCUT2D eigenvalue weighted by molar-refractivity contribution is -0.138. The fourth-order valence-electron chi connectivity index (χ4n) is 4.46. The van der Waals surface area contributed by atoms with Gasteiger partial charge in [0.05, 0.1) is 17.6 Å². The Morgan fingerprint density at radius 1 is 1.35 bits per heavy atom. The van der Waals surface area contributed by atoms with Crippen molar-refractivity contribution >= 4 is 22.8 Å². The van der Waals surface area contributed by atoms with Crippen LogP contribution in [0.4, 0.5) is 0 Å². The first kappa shape index (κ1) is 17.1. The van der Waals surface area contributed by atoms with Crippen LogP contribution < -0.4 is 5.32 Å². The van der Waals surface area contributed by atoms with Gasteiger partial charge < -0.3 is 19.4 Å². The third-order valence-corrected chi connectivity index (χ3v) is 5.88. The summed E-state index contributed by atoms with van der Waals surface area (Å²) in [4.78, 5) is 27.8. The second-order valence-electron chi connectivity index (χ2n) is 7.19. The number of carbonyl (C=O) groups is 2. The highest BCUT2D eigenvalue weighted by Crippen LogP contribution is 2.43. The molecule has 0 bridgehead atoms. The molecule has 2 fully saturated rings. The number of carbonyl (C=O) groups excluding carboxylic acids is 2. The Bertz CT molecular complexity index is 859. The number of furan rings is 1. The van der Waals surface area contributed by atoms with Crippen molar-refractivity contribution in [1.82, 2.24) is 10.2 Å². The molecule has 138 valence electrons. The average molecular weight is 356 g/mol. The number of rotatable bonds is 3. The molecule has 1 aromatic heterocycles. The predicted molar refractivity (Wildman–Crippen MR) is 96.9 cm³/mol. The Hall–Kier alpha value is -2.34. The van der Waals surface area contributed by atoms with Crippen LogP contribution in [-0.4, -0.2) is 50.1 Å². The molecule has 26 heavy (non-hydrogen) atoms. The number of benzene rings is 1. The maximum Gasteiger partial charge on any atom is 0.258 e. The summed E-state index contributed by atoms with van der Waals surface area (Å²) in [5.41, 5.74) is 0.817. The maximum atomic E-state index is 13.4. The van der Waals surface area contributed by atoms with E-state index in [0.29, 0.717) is 50.5 Å². The Morgan fingerprint density at radius 3 is 2.92 bits per heavy atom. The zero-order valence-electron chi connectivity index (χ0n) is 15.2. The first-order valence-corrected chi connectivity index (χ1v) is 9.20. The normalized spacial score (nSPS) is 25.3. The van der Waals surface area contributed by atoms with E-state index in [1.165, 1.54) is 0 Å². The van der Waals surface area contributed by atoms with Gasteiger partial charge in [0, 0.05) is 44.5 Å². The number of aryl methyl sites for hydroxylation is 1. The number of hydrogen-bond donors (Lipinski definition) is 1. The standard InChI is InChI=1S/C20H24N2O4/c1-3-15-17(14-6-4-5-7-16(14)26-15)18(23)22-10-13-11-25-9-8-20(13,12-22)19(24)21-2/h4-7,13H,3,8-12H2,1-2H3,(H,21,24)/t13-,20+/m1/s1. The lowest BCUT2D eigenvalue weighted by atomic mass is 9.73. The van der Waals surface area contributed by atoms with Gasteiger partial charge in [0.2, 0.25) is 5.91 Å². The molecule has 2 amide bonds. The third kappa shape index (κ3) is 2.43. The highest BCUT2D eigenvalue weighted by Gasteiger charge is 2.54. The lowest BCUT2D eigenvalue weighted by Gasteiger charge is -2.36. The zero-order chi connectivity index (χ0) is 18.3. The van der Waals surface area contributed by atoms with Crippen LogP contribution >= 0.6 is 0 Å². The number of nitrogens with one attached hydrogen (secondary N) is 1. The molecular weight excluding hydrogens is 332 g/mol. The van der Waals surface area contributed by atoms with Gasteiger partial charge in [-0.15, -0.1) is 0 Å². The number of para-hydroxylation sites is 1. The molecule has 2 aliphatic rings. The summed E-state index contributed by atoms with van der Waals surface area (Å²) >= 11 is 0. The van der Waals surface area contributed by atoms with Gasteiger partial charge in [-0.05, 0) is 12.5 Å². The fraction of sp³-hybridized carbons (Fsp3) is 0.500. The summed E-state index contributed by atoms with van der Waals surface area (Å²) in [7, 11) is 1.66. The summed E-state index contributed by atoms with van der Waals surface area (Å²) in [6.07, 6.45) is 1.30.